The van der Waals surface area contributed by atoms with Gasteiger partial charge in [0.2, 0.25) is 5.82 Å². The summed E-state index contributed by atoms with van der Waals surface area (Å²) >= 11 is 0. The quantitative estimate of drug-likeness (QED) is 0.564. The number of aromatic nitrogens is 3. The van der Waals surface area contributed by atoms with Crippen LogP contribution in [0.2, 0.25) is 0 Å². The number of aliphatic carboxylic acids is 1. The number of hydrogen-bond donors (Lipinski definition) is 2. The molecule has 12 heteroatoms. The summed E-state index contributed by atoms with van der Waals surface area (Å²) in [5, 5.41) is 18.6. The molecule has 0 bridgehead atoms. The van der Waals surface area contributed by atoms with Gasteiger partial charge in [0, 0.05) is 32.6 Å². The number of carbonyl (C=O) groups is 2. The summed E-state index contributed by atoms with van der Waals surface area (Å²) in [5.74, 6) is 0.504. The summed E-state index contributed by atoms with van der Waals surface area (Å²) in [6, 6.07) is 13.8. The van der Waals surface area contributed by atoms with E-state index < -0.39 is 12.1 Å². The lowest BCUT2D eigenvalue weighted by atomic mass is 9.89. The first kappa shape index (κ1) is 24.5. The fourth-order valence-corrected chi connectivity index (χ4v) is 4.40. The van der Waals surface area contributed by atoms with Gasteiger partial charge in [-0.1, -0.05) is 30.3 Å². The van der Waals surface area contributed by atoms with Crippen LogP contribution in [0.25, 0.3) is 0 Å². The minimum absolute atomic E-state index is 0.161. The van der Waals surface area contributed by atoms with Gasteiger partial charge >= 0.3 is 12.1 Å². The molecule has 0 spiro atoms. The largest absolute Gasteiger partial charge is 0.490 e. The maximum absolute atomic E-state index is 12.7. The van der Waals surface area contributed by atoms with Crippen molar-refractivity contribution in [3.8, 4) is 0 Å². The molecule has 1 aromatic carbocycles. The van der Waals surface area contributed by atoms with Crippen LogP contribution in [-0.4, -0.2) is 55.9 Å². The Morgan fingerprint density at radius 2 is 1.77 bits per heavy atom. The molecule has 1 saturated heterocycles. The Bertz CT molecular complexity index is 1150. The Morgan fingerprint density at radius 3 is 2.43 bits per heavy atom. The van der Waals surface area contributed by atoms with E-state index in [1.54, 1.807) is 6.26 Å². The lowest BCUT2D eigenvalue weighted by Gasteiger charge is -2.25. The van der Waals surface area contributed by atoms with Gasteiger partial charge in [0.25, 0.3) is 5.91 Å². The fraction of sp³-hybridized carbons (Fsp3) is 0.391. The zero-order valence-electron chi connectivity index (χ0n) is 18.6. The molecule has 5 rings (SSSR count). The zero-order valence-corrected chi connectivity index (χ0v) is 18.6. The minimum Gasteiger partial charge on any atom is -0.475 e. The van der Waals surface area contributed by atoms with E-state index in [0.717, 1.165) is 49.7 Å². The van der Waals surface area contributed by atoms with E-state index >= 15 is 0 Å². The molecule has 0 saturated carbocycles. The molecular weight excluding hydrogens is 467 g/mol. The van der Waals surface area contributed by atoms with Gasteiger partial charge in [-0.15, -0.1) is 10.2 Å². The molecule has 4 heterocycles. The van der Waals surface area contributed by atoms with Gasteiger partial charge in [-0.2, -0.15) is 13.2 Å². The molecule has 2 atom stereocenters. The third-order valence-corrected chi connectivity index (χ3v) is 6.04. The molecule has 35 heavy (non-hydrogen) atoms. The highest BCUT2D eigenvalue weighted by molar-refractivity contribution is 5.90. The second-order valence-electron chi connectivity index (χ2n) is 8.52. The Labute approximate surface area is 198 Å². The highest BCUT2D eigenvalue weighted by Gasteiger charge is 2.39. The van der Waals surface area contributed by atoms with Gasteiger partial charge in [-0.3, -0.25) is 9.69 Å². The topological polar surface area (TPSA) is 113 Å². The summed E-state index contributed by atoms with van der Waals surface area (Å²) in [7, 11) is 0. The van der Waals surface area contributed by atoms with Crippen molar-refractivity contribution in [2.24, 2.45) is 11.8 Å². The molecule has 1 amide bonds. The molecule has 2 N–H and O–H groups in total. The SMILES string of the molecule is O=C(NCc1ccccc1)c1nnc2n1CC1CN(Cc3ccco3)CC1C2.O=C(O)C(F)(F)F. The van der Waals surface area contributed by atoms with Gasteiger partial charge in [-0.25, -0.2) is 4.79 Å². The molecule has 3 aromatic rings. The molecule has 2 aliphatic heterocycles. The van der Waals surface area contributed by atoms with Gasteiger partial charge < -0.3 is 19.4 Å². The number of nitrogens with zero attached hydrogens (tertiary/aromatic N) is 4. The average molecular weight is 491 g/mol. The summed E-state index contributed by atoms with van der Waals surface area (Å²) in [6.07, 6.45) is -2.49. The van der Waals surface area contributed by atoms with E-state index in [4.69, 9.17) is 14.3 Å². The van der Waals surface area contributed by atoms with Crippen molar-refractivity contribution in [3.63, 3.8) is 0 Å². The number of likely N-dealkylation sites (tertiary alicyclic amines) is 1. The van der Waals surface area contributed by atoms with Gasteiger partial charge in [0.1, 0.15) is 11.6 Å². The number of benzene rings is 1. The first-order chi connectivity index (χ1) is 16.7. The number of hydrogen-bond acceptors (Lipinski definition) is 6. The second kappa shape index (κ2) is 10.3. The maximum atomic E-state index is 12.7. The molecule has 0 aliphatic carbocycles. The Morgan fingerprint density at radius 1 is 1.06 bits per heavy atom. The molecule has 1 fully saturated rings. The number of furan rings is 1. The number of carboxylic acid groups (broad SMARTS) is 1. The maximum Gasteiger partial charge on any atom is 0.490 e. The van der Waals surface area contributed by atoms with E-state index in [2.05, 4.69) is 20.4 Å². The third kappa shape index (κ3) is 6.07. The predicted molar refractivity (Wildman–Crippen MR) is 116 cm³/mol. The van der Waals surface area contributed by atoms with Crippen molar-refractivity contribution in [3.05, 3.63) is 71.7 Å². The highest BCUT2D eigenvalue weighted by atomic mass is 19.4. The predicted octanol–water partition coefficient (Wildman–Crippen LogP) is 2.74. The van der Waals surface area contributed by atoms with Crippen molar-refractivity contribution < 1.29 is 32.3 Å². The lowest BCUT2D eigenvalue weighted by Crippen LogP contribution is -2.32. The summed E-state index contributed by atoms with van der Waals surface area (Å²) in [4.78, 5) is 24.0. The standard InChI is InChI=1S/C21H23N5O2.C2HF3O2/c27-21(22-10-15-5-2-1-3-6-15)20-24-23-19-9-16-11-25(12-17(16)13-26(19)20)14-18-7-4-8-28-18;3-2(4,5)1(6)7/h1-8,16-17H,9-14H2,(H,22,27);(H,6,7). The summed E-state index contributed by atoms with van der Waals surface area (Å²) in [6.45, 7) is 4.17. The molecule has 2 aromatic heterocycles. The van der Waals surface area contributed by atoms with Crippen molar-refractivity contribution in [1.29, 1.82) is 0 Å². The molecule has 2 unspecified atom stereocenters. The zero-order chi connectivity index (χ0) is 25.0. The van der Waals surface area contributed by atoms with Crippen molar-refractivity contribution >= 4 is 11.9 Å². The highest BCUT2D eigenvalue weighted by Crippen LogP contribution is 2.33. The van der Waals surface area contributed by atoms with Crippen LogP contribution in [0, 0.1) is 11.8 Å². The van der Waals surface area contributed by atoms with E-state index in [1.807, 2.05) is 47.0 Å². The van der Waals surface area contributed by atoms with Crippen LogP contribution in [-0.2, 0) is 30.8 Å². The van der Waals surface area contributed by atoms with E-state index in [1.165, 1.54) is 0 Å². The first-order valence-corrected chi connectivity index (χ1v) is 11.0. The minimum atomic E-state index is -5.08. The molecule has 0 radical (unpaired) electrons. The number of carboxylic acids is 1. The number of carbonyl (C=O) groups excluding carboxylic acids is 1. The van der Waals surface area contributed by atoms with Crippen LogP contribution in [0.5, 0.6) is 0 Å². The number of nitrogens with one attached hydrogen (secondary N) is 1. The first-order valence-electron chi connectivity index (χ1n) is 11.0. The smallest absolute Gasteiger partial charge is 0.475 e. The summed E-state index contributed by atoms with van der Waals surface area (Å²) in [5.41, 5.74) is 1.07. The van der Waals surface area contributed by atoms with E-state index in [-0.39, 0.29) is 5.91 Å². The number of amides is 1. The summed E-state index contributed by atoms with van der Waals surface area (Å²) < 4.78 is 39.2. The molecule has 2 aliphatic rings. The number of alkyl halides is 3. The average Bonchev–Trinajstić information content (AvgIpc) is 3.56. The normalized spacial score (nSPS) is 19.3. The van der Waals surface area contributed by atoms with Gasteiger partial charge in [-0.05, 0) is 29.5 Å². The lowest BCUT2D eigenvalue weighted by molar-refractivity contribution is -0.192. The third-order valence-electron chi connectivity index (χ3n) is 6.04. The van der Waals surface area contributed by atoms with Crippen LogP contribution in [0.3, 0.4) is 0 Å². The van der Waals surface area contributed by atoms with Crippen LogP contribution < -0.4 is 5.32 Å². The number of fused-ring (bicyclic) bond motifs is 2. The van der Waals surface area contributed by atoms with Crippen LogP contribution >= 0.6 is 0 Å². The number of rotatable bonds is 5. The van der Waals surface area contributed by atoms with E-state index in [0.29, 0.717) is 24.2 Å². The van der Waals surface area contributed by atoms with Crippen molar-refractivity contribution in [1.82, 2.24) is 25.0 Å². The van der Waals surface area contributed by atoms with Gasteiger partial charge in [0.15, 0.2) is 0 Å². The Hall–Kier alpha value is -3.67. The van der Waals surface area contributed by atoms with Crippen LogP contribution in [0.1, 0.15) is 27.8 Å². The molecular formula is C23H24F3N5O4. The molecule has 9 nitrogen and oxygen atoms in total. The van der Waals surface area contributed by atoms with Crippen molar-refractivity contribution in [2.45, 2.75) is 32.2 Å². The van der Waals surface area contributed by atoms with E-state index in [9.17, 15) is 18.0 Å². The monoisotopic (exact) mass is 491 g/mol. The molecule has 186 valence electrons. The van der Waals surface area contributed by atoms with Crippen molar-refractivity contribution in [2.75, 3.05) is 13.1 Å². The fourth-order valence-electron chi connectivity index (χ4n) is 4.40. The Balaban J connectivity index is 0.000000364. The van der Waals surface area contributed by atoms with Crippen LogP contribution in [0.15, 0.2) is 53.1 Å². The van der Waals surface area contributed by atoms with Crippen LogP contribution in [0.4, 0.5) is 13.2 Å². The Kier molecular flexibility index (Phi) is 7.20. The second-order valence-corrected chi connectivity index (χ2v) is 8.52. The van der Waals surface area contributed by atoms with Gasteiger partial charge in [0.05, 0.1) is 12.8 Å². The number of halogens is 3.